The van der Waals surface area contributed by atoms with Crippen LogP contribution in [-0.4, -0.2) is 28.0 Å². The first-order valence-corrected chi connectivity index (χ1v) is 7.23. The van der Waals surface area contributed by atoms with E-state index in [-0.39, 0.29) is 0 Å². The minimum atomic E-state index is -0.492. The monoisotopic (exact) mass is 272 g/mol. The molecular formula is C16H20N2O2. The molecule has 1 saturated heterocycles. The number of aliphatic hydroxyl groups is 1. The molecule has 106 valence electrons. The van der Waals surface area contributed by atoms with Crippen LogP contribution in [0.1, 0.15) is 37.4 Å². The third-order valence-electron chi connectivity index (χ3n) is 3.88. The molecule has 0 amide bonds. The van der Waals surface area contributed by atoms with Crippen molar-refractivity contribution >= 4 is 0 Å². The summed E-state index contributed by atoms with van der Waals surface area (Å²) in [6.07, 6.45) is 5.42. The maximum atomic E-state index is 10.4. The van der Waals surface area contributed by atoms with E-state index >= 15 is 0 Å². The van der Waals surface area contributed by atoms with Crippen molar-refractivity contribution < 1.29 is 9.84 Å². The van der Waals surface area contributed by atoms with Crippen LogP contribution in [0.5, 0.6) is 0 Å². The van der Waals surface area contributed by atoms with Gasteiger partial charge < -0.3 is 9.84 Å². The Labute approximate surface area is 118 Å². The Morgan fingerprint density at radius 3 is 2.95 bits per heavy atom. The van der Waals surface area contributed by atoms with Crippen LogP contribution in [0, 0.1) is 0 Å². The molecule has 2 N–H and O–H groups in total. The normalized spacial score (nSPS) is 20.1. The zero-order chi connectivity index (χ0) is 13.8. The first kappa shape index (κ1) is 13.3. The number of rotatable bonds is 5. The number of hydrogen-bond acceptors (Lipinski definition) is 3. The molecule has 1 aromatic carbocycles. The molecule has 0 bridgehead atoms. The highest BCUT2D eigenvalue weighted by molar-refractivity contribution is 5.62. The summed E-state index contributed by atoms with van der Waals surface area (Å²) in [6, 6.07) is 9.98. The molecule has 4 nitrogen and oxygen atoms in total. The molecule has 4 heteroatoms. The van der Waals surface area contributed by atoms with Crippen molar-refractivity contribution in [3.63, 3.8) is 0 Å². The van der Waals surface area contributed by atoms with E-state index in [4.69, 9.17) is 4.74 Å². The highest BCUT2D eigenvalue weighted by Gasteiger charge is 2.20. The van der Waals surface area contributed by atoms with Gasteiger partial charge in [0.25, 0.3) is 0 Å². The van der Waals surface area contributed by atoms with Gasteiger partial charge in [0.15, 0.2) is 0 Å². The minimum absolute atomic E-state index is 0.316. The van der Waals surface area contributed by atoms with Crippen LogP contribution in [0.25, 0.3) is 11.3 Å². The molecule has 1 aliphatic rings. The van der Waals surface area contributed by atoms with Gasteiger partial charge in [-0.25, -0.2) is 0 Å². The number of ether oxygens (including phenoxy) is 1. The molecule has 0 aliphatic carbocycles. The predicted molar refractivity (Wildman–Crippen MR) is 77.2 cm³/mol. The Hall–Kier alpha value is -1.65. The lowest BCUT2D eigenvalue weighted by Crippen LogP contribution is -2.08. The van der Waals surface area contributed by atoms with E-state index < -0.39 is 6.10 Å². The largest absolute Gasteiger partial charge is 0.388 e. The first-order valence-electron chi connectivity index (χ1n) is 7.23. The summed E-state index contributed by atoms with van der Waals surface area (Å²) in [5, 5.41) is 17.5. The third-order valence-corrected chi connectivity index (χ3v) is 3.88. The van der Waals surface area contributed by atoms with Gasteiger partial charge >= 0.3 is 0 Å². The number of aromatic amines is 1. The number of hydrogen-bond donors (Lipinski definition) is 2. The lowest BCUT2D eigenvalue weighted by atomic mass is 9.99. The minimum Gasteiger partial charge on any atom is -0.388 e. The summed E-state index contributed by atoms with van der Waals surface area (Å²) >= 11 is 0. The lowest BCUT2D eigenvalue weighted by molar-refractivity contribution is 0.0813. The SMILES string of the molecule is OC(CCC1CCCO1)c1cn[nH]c1-c1ccccc1. The highest BCUT2D eigenvalue weighted by atomic mass is 16.5. The van der Waals surface area contributed by atoms with Gasteiger partial charge in [0, 0.05) is 12.2 Å². The third kappa shape index (κ3) is 2.92. The molecule has 1 fully saturated rings. The van der Waals surface area contributed by atoms with E-state index in [0.29, 0.717) is 12.5 Å². The molecule has 2 heterocycles. The van der Waals surface area contributed by atoms with E-state index in [0.717, 1.165) is 42.7 Å². The zero-order valence-electron chi connectivity index (χ0n) is 11.5. The summed E-state index contributed by atoms with van der Waals surface area (Å²) in [4.78, 5) is 0. The summed E-state index contributed by atoms with van der Waals surface area (Å²) in [5.74, 6) is 0. The summed E-state index contributed by atoms with van der Waals surface area (Å²) in [7, 11) is 0. The molecule has 20 heavy (non-hydrogen) atoms. The molecule has 0 spiro atoms. The molecule has 2 unspecified atom stereocenters. The van der Waals surface area contributed by atoms with E-state index in [1.54, 1.807) is 6.20 Å². The topological polar surface area (TPSA) is 58.1 Å². The van der Waals surface area contributed by atoms with Crippen molar-refractivity contribution in [1.29, 1.82) is 0 Å². The summed E-state index contributed by atoms with van der Waals surface area (Å²) < 4.78 is 5.60. The average molecular weight is 272 g/mol. The second-order valence-corrected chi connectivity index (χ2v) is 5.29. The molecule has 0 radical (unpaired) electrons. The fourth-order valence-corrected chi connectivity index (χ4v) is 2.76. The lowest BCUT2D eigenvalue weighted by Gasteiger charge is -2.14. The Morgan fingerprint density at radius 1 is 1.35 bits per heavy atom. The zero-order valence-corrected chi connectivity index (χ0v) is 11.5. The van der Waals surface area contributed by atoms with E-state index in [9.17, 15) is 5.11 Å². The van der Waals surface area contributed by atoms with Gasteiger partial charge in [-0.3, -0.25) is 5.10 Å². The second kappa shape index (κ2) is 6.20. The highest BCUT2D eigenvalue weighted by Crippen LogP contribution is 2.30. The first-order chi connectivity index (χ1) is 9.84. The predicted octanol–water partition coefficient (Wildman–Crippen LogP) is 3.07. The van der Waals surface area contributed by atoms with Crippen molar-refractivity contribution in [2.24, 2.45) is 0 Å². The van der Waals surface area contributed by atoms with Crippen LogP contribution in [0.3, 0.4) is 0 Å². The van der Waals surface area contributed by atoms with Gasteiger partial charge in [-0.05, 0) is 31.2 Å². The quantitative estimate of drug-likeness (QED) is 0.879. The number of aromatic nitrogens is 2. The molecule has 0 saturated carbocycles. The van der Waals surface area contributed by atoms with Crippen molar-refractivity contribution in [2.45, 2.75) is 37.9 Å². The van der Waals surface area contributed by atoms with E-state index in [2.05, 4.69) is 10.2 Å². The number of H-pyrrole nitrogens is 1. The number of nitrogens with one attached hydrogen (secondary N) is 1. The standard InChI is InChI=1S/C16H20N2O2/c19-15(9-8-13-7-4-10-20-13)14-11-17-18-16(14)12-5-2-1-3-6-12/h1-3,5-6,11,13,15,19H,4,7-10H2,(H,17,18). The fourth-order valence-electron chi connectivity index (χ4n) is 2.76. The second-order valence-electron chi connectivity index (χ2n) is 5.29. The van der Waals surface area contributed by atoms with Crippen LogP contribution in [0.4, 0.5) is 0 Å². The average Bonchev–Trinajstić information content (AvgIpc) is 3.17. The number of nitrogens with zero attached hydrogens (tertiary/aromatic N) is 1. The molecule has 2 atom stereocenters. The van der Waals surface area contributed by atoms with Gasteiger partial charge in [0.2, 0.25) is 0 Å². The van der Waals surface area contributed by atoms with Crippen LogP contribution in [-0.2, 0) is 4.74 Å². The van der Waals surface area contributed by atoms with Crippen molar-refractivity contribution in [2.75, 3.05) is 6.61 Å². The van der Waals surface area contributed by atoms with Gasteiger partial charge in [-0.2, -0.15) is 5.10 Å². The number of benzene rings is 1. The summed E-state index contributed by atoms with van der Waals surface area (Å²) in [6.45, 7) is 0.863. The van der Waals surface area contributed by atoms with E-state index in [1.807, 2.05) is 30.3 Å². The summed E-state index contributed by atoms with van der Waals surface area (Å²) in [5.41, 5.74) is 2.83. The Kier molecular flexibility index (Phi) is 4.14. The maximum absolute atomic E-state index is 10.4. The van der Waals surface area contributed by atoms with E-state index in [1.165, 1.54) is 0 Å². The van der Waals surface area contributed by atoms with Gasteiger partial charge in [0.05, 0.1) is 24.1 Å². The van der Waals surface area contributed by atoms with Gasteiger partial charge in [-0.15, -0.1) is 0 Å². The van der Waals surface area contributed by atoms with Crippen LogP contribution < -0.4 is 0 Å². The molecule has 2 aromatic rings. The maximum Gasteiger partial charge on any atom is 0.0827 e. The smallest absolute Gasteiger partial charge is 0.0827 e. The molecular weight excluding hydrogens is 252 g/mol. The van der Waals surface area contributed by atoms with Crippen LogP contribution >= 0.6 is 0 Å². The Balaban J connectivity index is 1.69. The Morgan fingerprint density at radius 2 is 2.20 bits per heavy atom. The fraction of sp³-hybridized carbons (Fsp3) is 0.438. The molecule has 3 rings (SSSR count). The van der Waals surface area contributed by atoms with Crippen LogP contribution in [0.2, 0.25) is 0 Å². The number of aliphatic hydroxyl groups excluding tert-OH is 1. The van der Waals surface area contributed by atoms with Crippen molar-refractivity contribution in [3.05, 3.63) is 42.1 Å². The molecule has 1 aromatic heterocycles. The van der Waals surface area contributed by atoms with Crippen molar-refractivity contribution in [3.8, 4) is 11.3 Å². The Bertz CT molecular complexity index is 532. The van der Waals surface area contributed by atoms with Gasteiger partial charge in [0.1, 0.15) is 0 Å². The van der Waals surface area contributed by atoms with Crippen LogP contribution in [0.15, 0.2) is 36.5 Å². The van der Waals surface area contributed by atoms with Crippen molar-refractivity contribution in [1.82, 2.24) is 10.2 Å². The molecule has 1 aliphatic heterocycles. The van der Waals surface area contributed by atoms with Gasteiger partial charge in [-0.1, -0.05) is 30.3 Å².